The monoisotopic (exact) mass is 347 g/mol. The SMILES string of the molecule is COc1cccc(C(O)COc2ccc(Br)cc2C#N)c1. The molecular formula is C16H14BrNO3. The van der Waals surface area contributed by atoms with E-state index >= 15 is 0 Å². The maximum atomic E-state index is 10.1. The van der Waals surface area contributed by atoms with Gasteiger partial charge in [-0.3, -0.25) is 0 Å². The number of rotatable bonds is 5. The molecule has 0 aliphatic heterocycles. The first kappa shape index (κ1) is 15.4. The summed E-state index contributed by atoms with van der Waals surface area (Å²) in [6, 6.07) is 14.4. The van der Waals surface area contributed by atoms with E-state index in [9.17, 15) is 5.11 Å². The van der Waals surface area contributed by atoms with Crippen molar-refractivity contribution in [1.29, 1.82) is 5.26 Å². The molecule has 0 radical (unpaired) electrons. The Hall–Kier alpha value is -2.03. The zero-order chi connectivity index (χ0) is 15.2. The third-order valence-electron chi connectivity index (χ3n) is 2.94. The second kappa shape index (κ2) is 7.11. The minimum Gasteiger partial charge on any atom is -0.497 e. The molecule has 0 bridgehead atoms. The van der Waals surface area contributed by atoms with E-state index in [0.29, 0.717) is 22.6 Å². The molecule has 0 heterocycles. The second-order valence-electron chi connectivity index (χ2n) is 4.36. The van der Waals surface area contributed by atoms with Crippen molar-refractivity contribution >= 4 is 15.9 Å². The van der Waals surface area contributed by atoms with E-state index in [1.165, 1.54) is 0 Å². The smallest absolute Gasteiger partial charge is 0.137 e. The zero-order valence-corrected chi connectivity index (χ0v) is 13.0. The van der Waals surface area contributed by atoms with Crippen LogP contribution in [-0.2, 0) is 0 Å². The zero-order valence-electron chi connectivity index (χ0n) is 11.4. The first-order chi connectivity index (χ1) is 10.1. The van der Waals surface area contributed by atoms with Crippen molar-refractivity contribution in [3.8, 4) is 17.6 Å². The second-order valence-corrected chi connectivity index (χ2v) is 5.27. The molecule has 2 aromatic carbocycles. The van der Waals surface area contributed by atoms with Crippen molar-refractivity contribution in [2.75, 3.05) is 13.7 Å². The van der Waals surface area contributed by atoms with Crippen LogP contribution < -0.4 is 9.47 Å². The van der Waals surface area contributed by atoms with Crippen LogP contribution in [0.3, 0.4) is 0 Å². The molecule has 5 heteroatoms. The van der Waals surface area contributed by atoms with Crippen molar-refractivity contribution in [1.82, 2.24) is 0 Å². The Labute approximate surface area is 131 Å². The lowest BCUT2D eigenvalue weighted by atomic mass is 10.1. The Morgan fingerprint density at radius 2 is 2.10 bits per heavy atom. The van der Waals surface area contributed by atoms with Gasteiger partial charge in [-0.15, -0.1) is 0 Å². The van der Waals surface area contributed by atoms with Crippen LogP contribution >= 0.6 is 15.9 Å². The molecule has 0 saturated carbocycles. The van der Waals surface area contributed by atoms with Crippen LogP contribution in [0.15, 0.2) is 46.9 Å². The first-order valence-electron chi connectivity index (χ1n) is 6.28. The fraction of sp³-hybridized carbons (Fsp3) is 0.188. The van der Waals surface area contributed by atoms with Crippen LogP contribution in [0.4, 0.5) is 0 Å². The van der Waals surface area contributed by atoms with Gasteiger partial charge in [0.05, 0.1) is 12.7 Å². The minimum absolute atomic E-state index is 0.0590. The third kappa shape index (κ3) is 3.97. The predicted molar refractivity (Wildman–Crippen MR) is 82.3 cm³/mol. The van der Waals surface area contributed by atoms with E-state index in [1.807, 2.05) is 0 Å². The van der Waals surface area contributed by atoms with Crippen LogP contribution in [0.2, 0.25) is 0 Å². The van der Waals surface area contributed by atoms with Crippen LogP contribution in [0.25, 0.3) is 0 Å². The molecule has 1 atom stereocenters. The first-order valence-corrected chi connectivity index (χ1v) is 7.08. The van der Waals surface area contributed by atoms with Crippen LogP contribution in [0.5, 0.6) is 11.5 Å². The molecule has 2 rings (SSSR count). The van der Waals surface area contributed by atoms with Crippen LogP contribution in [0, 0.1) is 11.3 Å². The van der Waals surface area contributed by atoms with Crippen molar-refractivity contribution in [2.45, 2.75) is 6.10 Å². The van der Waals surface area contributed by atoms with Gasteiger partial charge in [-0.25, -0.2) is 0 Å². The largest absolute Gasteiger partial charge is 0.497 e. The van der Waals surface area contributed by atoms with E-state index < -0.39 is 6.10 Å². The molecule has 0 fully saturated rings. The normalized spacial score (nSPS) is 11.5. The number of nitriles is 1. The molecule has 1 unspecified atom stereocenters. The molecule has 4 nitrogen and oxygen atoms in total. The lowest BCUT2D eigenvalue weighted by Crippen LogP contribution is -2.10. The highest BCUT2D eigenvalue weighted by Crippen LogP contribution is 2.24. The van der Waals surface area contributed by atoms with Gasteiger partial charge in [0.1, 0.15) is 30.3 Å². The number of aliphatic hydroxyl groups is 1. The molecule has 21 heavy (non-hydrogen) atoms. The van der Waals surface area contributed by atoms with Crippen molar-refractivity contribution in [3.63, 3.8) is 0 Å². The quantitative estimate of drug-likeness (QED) is 0.899. The van der Waals surface area contributed by atoms with Gasteiger partial charge in [-0.2, -0.15) is 5.26 Å². The van der Waals surface area contributed by atoms with Crippen molar-refractivity contribution in [2.24, 2.45) is 0 Å². The molecular weight excluding hydrogens is 334 g/mol. The number of ether oxygens (including phenoxy) is 2. The molecule has 0 spiro atoms. The fourth-order valence-electron chi connectivity index (χ4n) is 1.83. The van der Waals surface area contributed by atoms with Crippen LogP contribution in [0.1, 0.15) is 17.2 Å². The Bertz CT molecular complexity index is 667. The van der Waals surface area contributed by atoms with Gasteiger partial charge < -0.3 is 14.6 Å². The number of hydrogen-bond acceptors (Lipinski definition) is 4. The van der Waals surface area contributed by atoms with E-state index in [4.69, 9.17) is 14.7 Å². The van der Waals surface area contributed by atoms with Gasteiger partial charge >= 0.3 is 0 Å². The summed E-state index contributed by atoms with van der Waals surface area (Å²) < 4.78 is 11.5. The van der Waals surface area contributed by atoms with E-state index in [1.54, 1.807) is 49.6 Å². The lowest BCUT2D eigenvalue weighted by Gasteiger charge is -2.14. The highest BCUT2D eigenvalue weighted by Gasteiger charge is 2.11. The lowest BCUT2D eigenvalue weighted by molar-refractivity contribution is 0.108. The number of hydrogen-bond donors (Lipinski definition) is 1. The summed E-state index contributed by atoms with van der Waals surface area (Å²) in [6.07, 6.45) is -0.796. The molecule has 0 aliphatic carbocycles. The van der Waals surface area contributed by atoms with E-state index in [2.05, 4.69) is 22.0 Å². The number of aliphatic hydroxyl groups excluding tert-OH is 1. The minimum atomic E-state index is -0.796. The highest BCUT2D eigenvalue weighted by atomic mass is 79.9. The summed E-state index contributed by atoms with van der Waals surface area (Å²) in [7, 11) is 1.57. The summed E-state index contributed by atoms with van der Waals surface area (Å²) in [5.41, 5.74) is 1.12. The topological polar surface area (TPSA) is 62.5 Å². The number of halogens is 1. The summed E-state index contributed by atoms with van der Waals surface area (Å²) in [6.45, 7) is 0.0590. The van der Waals surface area contributed by atoms with Gasteiger partial charge in [-0.05, 0) is 35.9 Å². The molecule has 108 valence electrons. The predicted octanol–water partition coefficient (Wildman–Crippen LogP) is 3.44. The maximum Gasteiger partial charge on any atom is 0.137 e. The Morgan fingerprint density at radius 1 is 1.29 bits per heavy atom. The average Bonchev–Trinajstić information content (AvgIpc) is 2.53. The summed E-state index contributed by atoms with van der Waals surface area (Å²) >= 11 is 3.30. The Kier molecular flexibility index (Phi) is 5.20. The van der Waals surface area contributed by atoms with Crippen molar-refractivity contribution < 1.29 is 14.6 Å². The van der Waals surface area contributed by atoms with Gasteiger partial charge in [0.15, 0.2) is 0 Å². The van der Waals surface area contributed by atoms with Gasteiger partial charge in [0.2, 0.25) is 0 Å². The molecule has 1 N–H and O–H groups in total. The molecule has 2 aromatic rings. The van der Waals surface area contributed by atoms with Gasteiger partial charge in [0.25, 0.3) is 0 Å². The number of methoxy groups -OCH3 is 1. The van der Waals surface area contributed by atoms with Gasteiger partial charge in [-0.1, -0.05) is 28.1 Å². The van der Waals surface area contributed by atoms with Crippen molar-refractivity contribution in [3.05, 3.63) is 58.1 Å². The Balaban J connectivity index is 2.07. The summed E-state index contributed by atoms with van der Waals surface area (Å²) in [5, 5.41) is 19.2. The van der Waals surface area contributed by atoms with E-state index in [-0.39, 0.29) is 6.61 Å². The van der Waals surface area contributed by atoms with Gasteiger partial charge in [0, 0.05) is 4.47 Å². The van der Waals surface area contributed by atoms with Crippen LogP contribution in [-0.4, -0.2) is 18.8 Å². The number of nitrogens with zero attached hydrogens (tertiary/aromatic N) is 1. The highest BCUT2D eigenvalue weighted by molar-refractivity contribution is 9.10. The molecule has 0 aliphatic rings. The van der Waals surface area contributed by atoms with E-state index in [0.717, 1.165) is 4.47 Å². The molecule has 0 amide bonds. The number of benzene rings is 2. The fourth-order valence-corrected chi connectivity index (χ4v) is 2.19. The Morgan fingerprint density at radius 3 is 2.81 bits per heavy atom. The molecule has 0 saturated heterocycles. The average molecular weight is 348 g/mol. The maximum absolute atomic E-state index is 10.1. The standard InChI is InChI=1S/C16H14BrNO3/c1-20-14-4-2-3-11(8-14)15(19)10-21-16-6-5-13(17)7-12(16)9-18/h2-8,15,19H,10H2,1H3. The third-order valence-corrected chi connectivity index (χ3v) is 3.43. The molecule has 0 aromatic heterocycles. The summed E-state index contributed by atoms with van der Waals surface area (Å²) in [5.74, 6) is 1.12. The summed E-state index contributed by atoms with van der Waals surface area (Å²) in [4.78, 5) is 0.